The van der Waals surface area contributed by atoms with Crippen LogP contribution < -0.4 is 15.0 Å². The fourth-order valence-corrected chi connectivity index (χ4v) is 7.38. The van der Waals surface area contributed by atoms with E-state index in [1.54, 1.807) is 13.3 Å². The zero-order valence-electron chi connectivity index (χ0n) is 27.8. The number of anilines is 2. The standard InChI is InChI=1S/C36H41N7O3S/c1-7-30(29-22-27-11-8-10-23(2)33(27)40-35(29)42-18-20-47(44,45)21-19-42)39-34-28(15-16-31-32(46-6)12-9-17-37-31)26(5)38-36(41-34)43-24(3)13-14-25(43)4/h8-17,22,30H,7,18-21H2,1-6H3,(H,38,39,41). The largest absolute Gasteiger partial charge is 0.494 e. The maximum atomic E-state index is 12.4. The monoisotopic (exact) mass is 651 g/mol. The minimum Gasteiger partial charge on any atom is -0.494 e. The number of aryl methyl sites for hydroxylation is 4. The van der Waals surface area contributed by atoms with Crippen LogP contribution in [0, 0.1) is 27.7 Å². The van der Waals surface area contributed by atoms with Crippen LogP contribution in [-0.4, -0.2) is 64.6 Å². The van der Waals surface area contributed by atoms with Crippen LogP contribution in [0.1, 0.15) is 58.9 Å². The molecule has 0 amide bonds. The average Bonchev–Trinajstić information content (AvgIpc) is 3.40. The number of hydrogen-bond donors (Lipinski definition) is 1. The highest BCUT2D eigenvalue weighted by Gasteiger charge is 2.28. The molecule has 1 saturated heterocycles. The Morgan fingerprint density at radius 3 is 2.40 bits per heavy atom. The number of sulfone groups is 1. The highest BCUT2D eigenvalue weighted by atomic mass is 32.2. The fraction of sp³-hybridized carbons (Fsp3) is 0.333. The first-order valence-corrected chi connectivity index (χ1v) is 17.7. The van der Waals surface area contributed by atoms with E-state index >= 15 is 0 Å². The third kappa shape index (κ3) is 6.58. The molecule has 4 aromatic heterocycles. The number of para-hydroxylation sites is 1. The molecule has 11 heteroatoms. The van der Waals surface area contributed by atoms with Gasteiger partial charge in [-0.2, -0.15) is 4.98 Å². The van der Waals surface area contributed by atoms with Gasteiger partial charge in [-0.15, -0.1) is 0 Å². The number of fused-ring (bicyclic) bond motifs is 1. The molecule has 10 nitrogen and oxygen atoms in total. The van der Waals surface area contributed by atoms with E-state index in [2.05, 4.69) is 59.4 Å². The van der Waals surface area contributed by atoms with Crippen LogP contribution >= 0.6 is 0 Å². The molecule has 1 atom stereocenters. The molecule has 0 spiro atoms. The summed E-state index contributed by atoms with van der Waals surface area (Å²) in [7, 11) is -1.43. The van der Waals surface area contributed by atoms with Crippen LogP contribution in [0.25, 0.3) is 29.0 Å². The van der Waals surface area contributed by atoms with Crippen molar-refractivity contribution >= 4 is 44.5 Å². The van der Waals surface area contributed by atoms with Crippen molar-refractivity contribution in [2.75, 3.05) is 41.9 Å². The van der Waals surface area contributed by atoms with Crippen molar-refractivity contribution in [3.05, 3.63) is 94.2 Å². The zero-order chi connectivity index (χ0) is 33.3. The van der Waals surface area contributed by atoms with E-state index in [4.69, 9.17) is 19.7 Å². The van der Waals surface area contributed by atoms with E-state index in [1.165, 1.54) is 0 Å². The molecule has 1 fully saturated rings. The van der Waals surface area contributed by atoms with Gasteiger partial charge in [-0.3, -0.25) is 9.55 Å². The van der Waals surface area contributed by atoms with Gasteiger partial charge in [-0.25, -0.2) is 18.4 Å². The van der Waals surface area contributed by atoms with Gasteiger partial charge in [-0.1, -0.05) is 25.1 Å². The first kappa shape index (κ1) is 32.2. The second kappa shape index (κ2) is 13.2. The summed E-state index contributed by atoms with van der Waals surface area (Å²) in [6.07, 6.45) is 6.37. The molecule has 0 radical (unpaired) electrons. The predicted molar refractivity (Wildman–Crippen MR) is 189 cm³/mol. The summed E-state index contributed by atoms with van der Waals surface area (Å²) in [5.41, 5.74) is 7.41. The number of hydrogen-bond acceptors (Lipinski definition) is 9. The lowest BCUT2D eigenvalue weighted by atomic mass is 10.00. The van der Waals surface area contributed by atoms with Crippen molar-refractivity contribution in [2.24, 2.45) is 0 Å². The molecule has 1 N–H and O–H groups in total. The zero-order valence-corrected chi connectivity index (χ0v) is 28.6. The predicted octanol–water partition coefficient (Wildman–Crippen LogP) is 6.42. The number of rotatable bonds is 9. The first-order valence-electron chi connectivity index (χ1n) is 15.9. The molecule has 47 heavy (non-hydrogen) atoms. The Bertz CT molecular complexity index is 2050. The van der Waals surface area contributed by atoms with E-state index in [1.807, 2.05) is 55.7 Å². The van der Waals surface area contributed by atoms with Gasteiger partial charge in [0.1, 0.15) is 23.1 Å². The fourth-order valence-electron chi connectivity index (χ4n) is 6.18. The average molecular weight is 652 g/mol. The molecule has 0 bridgehead atoms. The van der Waals surface area contributed by atoms with Crippen LogP contribution in [0.4, 0.5) is 11.6 Å². The highest BCUT2D eigenvalue weighted by molar-refractivity contribution is 7.91. The van der Waals surface area contributed by atoms with E-state index in [-0.39, 0.29) is 17.5 Å². The highest BCUT2D eigenvalue weighted by Crippen LogP contribution is 2.35. The Morgan fingerprint density at radius 2 is 1.70 bits per heavy atom. The normalized spacial score (nSPS) is 15.3. The first-order chi connectivity index (χ1) is 22.6. The van der Waals surface area contributed by atoms with Gasteiger partial charge in [0.05, 0.1) is 35.9 Å². The van der Waals surface area contributed by atoms with Gasteiger partial charge >= 0.3 is 0 Å². The molecule has 1 aliphatic rings. The van der Waals surface area contributed by atoms with Crippen LogP contribution in [0.3, 0.4) is 0 Å². The summed E-state index contributed by atoms with van der Waals surface area (Å²) in [4.78, 5) is 21.9. The Kier molecular flexibility index (Phi) is 9.01. The molecule has 0 saturated carbocycles. The molecule has 5 aromatic rings. The van der Waals surface area contributed by atoms with Crippen molar-refractivity contribution < 1.29 is 13.2 Å². The summed E-state index contributed by atoms with van der Waals surface area (Å²) in [5.74, 6) is 2.96. The number of aromatic nitrogens is 5. The molecule has 1 unspecified atom stereocenters. The maximum absolute atomic E-state index is 12.4. The van der Waals surface area contributed by atoms with Gasteiger partial charge in [0.25, 0.3) is 0 Å². The molecule has 6 rings (SSSR count). The Balaban J connectivity index is 1.49. The maximum Gasteiger partial charge on any atom is 0.236 e. The van der Waals surface area contributed by atoms with E-state index < -0.39 is 9.84 Å². The molecule has 244 valence electrons. The van der Waals surface area contributed by atoms with Crippen molar-refractivity contribution in [3.8, 4) is 11.7 Å². The molecule has 1 aromatic carbocycles. The SMILES string of the molecule is CCC(Nc1nc(-n2c(C)ccc2C)nc(C)c1C=Cc1ncccc1OC)c1cc2cccc(C)c2nc1N1CCS(=O)(=O)CC1. The molecule has 1 aliphatic heterocycles. The summed E-state index contributed by atoms with van der Waals surface area (Å²) in [5, 5.41) is 4.82. The third-order valence-corrected chi connectivity index (χ3v) is 10.4. The van der Waals surface area contributed by atoms with E-state index in [0.29, 0.717) is 36.3 Å². The molecular weight excluding hydrogens is 611 g/mol. The lowest BCUT2D eigenvalue weighted by Crippen LogP contribution is -2.41. The van der Waals surface area contributed by atoms with Gasteiger partial charge in [-0.05, 0) is 82.2 Å². The van der Waals surface area contributed by atoms with Crippen LogP contribution in [0.15, 0.2) is 54.7 Å². The number of methoxy groups -OCH3 is 1. The minimum absolute atomic E-state index is 0.111. The summed E-state index contributed by atoms with van der Waals surface area (Å²) in [6.45, 7) is 11.1. The molecular formula is C36H41N7O3S. The third-order valence-electron chi connectivity index (χ3n) is 8.82. The second-order valence-corrected chi connectivity index (χ2v) is 14.3. The van der Waals surface area contributed by atoms with Gasteiger partial charge in [0.15, 0.2) is 9.84 Å². The molecule has 5 heterocycles. The lowest BCUT2D eigenvalue weighted by Gasteiger charge is -2.32. The van der Waals surface area contributed by atoms with E-state index in [0.717, 1.165) is 56.9 Å². The topological polar surface area (TPSA) is 115 Å². The molecule has 0 aliphatic carbocycles. The number of pyridine rings is 2. The van der Waals surface area contributed by atoms with Crippen molar-refractivity contribution in [3.63, 3.8) is 0 Å². The van der Waals surface area contributed by atoms with Crippen LogP contribution in [0.2, 0.25) is 0 Å². The van der Waals surface area contributed by atoms with Gasteiger partial charge in [0.2, 0.25) is 5.95 Å². The quantitative estimate of drug-likeness (QED) is 0.193. The van der Waals surface area contributed by atoms with Crippen molar-refractivity contribution in [1.29, 1.82) is 0 Å². The Labute approximate surface area is 276 Å². The minimum atomic E-state index is -3.07. The number of ether oxygens (including phenoxy) is 1. The Hall–Kier alpha value is -4.77. The van der Waals surface area contributed by atoms with E-state index in [9.17, 15) is 8.42 Å². The lowest BCUT2D eigenvalue weighted by molar-refractivity contribution is 0.412. The second-order valence-electron chi connectivity index (χ2n) is 12.0. The number of nitrogens with zero attached hydrogens (tertiary/aromatic N) is 6. The van der Waals surface area contributed by atoms with Crippen LogP contribution in [-0.2, 0) is 9.84 Å². The number of nitrogens with one attached hydrogen (secondary N) is 1. The summed E-state index contributed by atoms with van der Waals surface area (Å²) in [6, 6.07) is 16.0. The summed E-state index contributed by atoms with van der Waals surface area (Å²) < 4.78 is 32.3. The van der Waals surface area contributed by atoms with Crippen molar-refractivity contribution in [1.82, 2.24) is 24.5 Å². The number of benzene rings is 1. The summed E-state index contributed by atoms with van der Waals surface area (Å²) >= 11 is 0. The van der Waals surface area contributed by atoms with Crippen molar-refractivity contribution in [2.45, 2.75) is 47.1 Å². The van der Waals surface area contributed by atoms with Crippen LogP contribution in [0.5, 0.6) is 5.75 Å². The Morgan fingerprint density at radius 1 is 0.957 bits per heavy atom. The van der Waals surface area contributed by atoms with Gasteiger partial charge in [0, 0.05) is 47.2 Å². The van der Waals surface area contributed by atoms with Gasteiger partial charge < -0.3 is 15.0 Å². The smallest absolute Gasteiger partial charge is 0.236 e.